The Hall–Kier alpha value is -2.32. The van der Waals surface area contributed by atoms with E-state index in [4.69, 9.17) is 9.47 Å². The van der Waals surface area contributed by atoms with Crippen LogP contribution < -0.4 is 0 Å². The van der Waals surface area contributed by atoms with Crippen LogP contribution in [0.1, 0.15) is 166 Å². The lowest BCUT2D eigenvalue weighted by molar-refractivity contribution is -0.248. The van der Waals surface area contributed by atoms with Gasteiger partial charge in [0.25, 0.3) is 0 Å². The number of likely N-dealkylation sites (N-methyl/N-ethyl adjacent to an activating group) is 1. The number of hydrogen-bond acceptors (Lipinski definition) is 6. The van der Waals surface area contributed by atoms with Gasteiger partial charge in [-0.15, -0.1) is 0 Å². The Kier molecular flexibility index (Phi) is 10.9. The van der Waals surface area contributed by atoms with Gasteiger partial charge in [-0.3, -0.25) is 14.4 Å². The highest BCUT2D eigenvalue weighted by atomic mass is 16.6. The van der Waals surface area contributed by atoms with Crippen molar-refractivity contribution < 1.29 is 33.8 Å². The van der Waals surface area contributed by atoms with Gasteiger partial charge in [0.2, 0.25) is 5.91 Å². The van der Waals surface area contributed by atoms with Crippen molar-refractivity contribution in [1.29, 1.82) is 0 Å². The smallest absolute Gasteiger partial charge is 0.410 e. The second-order valence-electron chi connectivity index (χ2n) is 22.8. The minimum atomic E-state index is -1.15. The van der Waals surface area contributed by atoms with Crippen LogP contribution in [0.5, 0.6) is 0 Å². The minimum Gasteiger partial charge on any atom is -0.481 e. The molecule has 0 aromatic carbocycles. The van der Waals surface area contributed by atoms with E-state index in [1.165, 1.54) is 38.5 Å². The summed E-state index contributed by atoms with van der Waals surface area (Å²) >= 11 is 0. The quantitative estimate of drug-likeness (QED) is 0.245. The van der Waals surface area contributed by atoms with Gasteiger partial charge in [-0.1, -0.05) is 48.0 Å². The van der Waals surface area contributed by atoms with Crippen LogP contribution in [0.25, 0.3) is 0 Å². The number of rotatable bonds is 8. The number of fused-ring (bicyclic) bond motifs is 7. The van der Waals surface area contributed by atoms with Crippen molar-refractivity contribution in [2.75, 3.05) is 20.1 Å². The highest BCUT2D eigenvalue weighted by Crippen LogP contribution is 2.77. The summed E-state index contributed by atoms with van der Waals surface area (Å²) in [6.45, 7) is 24.7. The monoisotopic (exact) mass is 769 g/mol. The zero-order valence-corrected chi connectivity index (χ0v) is 36.6. The van der Waals surface area contributed by atoms with Crippen LogP contribution in [-0.2, 0) is 23.9 Å². The molecule has 2 amide bonds. The molecule has 6 rings (SSSR count). The summed E-state index contributed by atoms with van der Waals surface area (Å²) in [6, 6.07) is -0.0202. The van der Waals surface area contributed by atoms with Gasteiger partial charge in [-0.2, -0.15) is 0 Å². The van der Waals surface area contributed by atoms with Crippen molar-refractivity contribution in [3.63, 3.8) is 0 Å². The van der Waals surface area contributed by atoms with Gasteiger partial charge in [0.05, 0.1) is 17.9 Å². The number of esters is 1. The summed E-state index contributed by atoms with van der Waals surface area (Å²) in [4.78, 5) is 56.0. The molecule has 6 aliphatic rings. The van der Waals surface area contributed by atoms with Crippen LogP contribution in [0.4, 0.5) is 4.79 Å². The molecule has 9 heteroatoms. The largest absolute Gasteiger partial charge is 0.481 e. The van der Waals surface area contributed by atoms with Crippen LogP contribution in [0.3, 0.4) is 0 Å². The molecule has 55 heavy (non-hydrogen) atoms. The molecule has 0 radical (unpaired) electrons. The van der Waals surface area contributed by atoms with E-state index in [2.05, 4.69) is 41.5 Å². The fourth-order valence-electron chi connectivity index (χ4n) is 14.6. The van der Waals surface area contributed by atoms with E-state index >= 15 is 0 Å². The number of carboxylic acid groups (broad SMARTS) is 1. The van der Waals surface area contributed by atoms with Crippen LogP contribution >= 0.6 is 0 Å². The number of hydrogen-bond donors (Lipinski definition) is 1. The third-order valence-electron chi connectivity index (χ3n) is 17.6. The Morgan fingerprint density at radius 1 is 0.818 bits per heavy atom. The normalized spacial score (nSPS) is 40.9. The molecule has 11 atom stereocenters. The number of amides is 2. The second-order valence-corrected chi connectivity index (χ2v) is 22.8. The molecule has 5 aliphatic carbocycles. The van der Waals surface area contributed by atoms with E-state index in [9.17, 15) is 24.3 Å². The number of carboxylic acids is 1. The number of carbonyl (C=O) groups excluding carboxylic acids is 3. The Morgan fingerprint density at radius 2 is 1.51 bits per heavy atom. The van der Waals surface area contributed by atoms with Crippen molar-refractivity contribution >= 4 is 23.9 Å². The zero-order valence-electron chi connectivity index (χ0n) is 36.6. The maximum atomic E-state index is 14.2. The van der Waals surface area contributed by atoms with Gasteiger partial charge < -0.3 is 24.4 Å². The Balaban J connectivity index is 1.14. The third-order valence-corrected chi connectivity index (χ3v) is 17.6. The lowest BCUT2D eigenvalue weighted by atomic mass is 9.32. The molecular formula is C46H76N2O7. The van der Waals surface area contributed by atoms with E-state index in [1.807, 2.05) is 37.6 Å². The summed E-state index contributed by atoms with van der Waals surface area (Å²) in [6.07, 6.45) is 13.4. The first-order valence-corrected chi connectivity index (χ1v) is 22.0. The summed E-state index contributed by atoms with van der Waals surface area (Å²) in [7, 11) is 1.95. The topological polar surface area (TPSA) is 113 Å². The minimum absolute atomic E-state index is 0.0202. The van der Waals surface area contributed by atoms with Crippen molar-refractivity contribution in [1.82, 2.24) is 9.80 Å². The highest BCUT2D eigenvalue weighted by Gasteiger charge is 2.70. The second kappa shape index (κ2) is 14.2. The van der Waals surface area contributed by atoms with E-state index in [0.29, 0.717) is 49.1 Å². The highest BCUT2D eigenvalue weighted by molar-refractivity contribution is 5.81. The van der Waals surface area contributed by atoms with Crippen LogP contribution in [-0.4, -0.2) is 76.7 Å². The first-order chi connectivity index (χ1) is 25.3. The average molecular weight is 769 g/mol. The molecule has 6 fully saturated rings. The Morgan fingerprint density at radius 3 is 2.16 bits per heavy atom. The summed E-state index contributed by atoms with van der Waals surface area (Å²) in [5.41, 5.74) is -1.29. The molecule has 0 aromatic rings. The third kappa shape index (κ3) is 7.25. The van der Waals surface area contributed by atoms with Crippen molar-refractivity contribution in [3.8, 4) is 0 Å². The molecule has 1 N–H and O–H groups in total. The molecule has 0 aromatic heterocycles. The SMILES string of the molecule is CC1CC(CN(C)C(=O)C[C@]23CCC[C@@H]2[C@H]2CCC4[C@@]5(C)CC[C@H](OC(=O)CC(C)(C)C(=O)O)C(C)(C)C5CC[C@@]4(C)[C@]2(C)CC3)N(C(=O)OC(C)(C)C)C1. The predicted octanol–water partition coefficient (Wildman–Crippen LogP) is 9.75. The predicted molar refractivity (Wildman–Crippen MR) is 214 cm³/mol. The van der Waals surface area contributed by atoms with E-state index in [-0.39, 0.29) is 57.6 Å². The first-order valence-electron chi connectivity index (χ1n) is 22.0. The Labute approximate surface area is 332 Å². The van der Waals surface area contributed by atoms with Gasteiger partial charge in [0, 0.05) is 32.0 Å². The summed E-state index contributed by atoms with van der Waals surface area (Å²) in [5.74, 6) is 1.44. The number of carbonyl (C=O) groups is 4. The number of aliphatic carboxylic acids is 1. The van der Waals surface area contributed by atoms with Crippen LogP contribution in [0.2, 0.25) is 0 Å². The molecule has 5 saturated carbocycles. The molecule has 1 heterocycles. The van der Waals surface area contributed by atoms with E-state index in [0.717, 1.165) is 38.5 Å². The molecule has 0 bridgehead atoms. The van der Waals surface area contributed by atoms with Gasteiger partial charge in [-0.25, -0.2) is 4.79 Å². The standard InChI is InChI=1S/C46H76N2O7/c1-29-24-30(48(27-29)39(53)55-40(2,3)4)28-47(12)36(49)25-46-19-13-14-32(46)31-15-16-34-43(9)20-18-35(54-37(50)26-41(5,6)38(51)52)42(7,8)33(43)17-21-45(34,11)44(31,10)22-23-46/h29-35H,13-28H2,1-12H3,(H,51,52)/t29?,30?,31-,32-,33?,34?,35+,43+,44-,45-,46-/m1/s1. The fraction of sp³-hybridized carbons (Fsp3) is 0.913. The number of ether oxygens (including phenoxy) is 2. The van der Waals surface area contributed by atoms with Crippen LogP contribution in [0, 0.1) is 62.1 Å². The van der Waals surface area contributed by atoms with E-state index < -0.39 is 23.0 Å². The van der Waals surface area contributed by atoms with E-state index in [1.54, 1.807) is 13.8 Å². The number of likely N-dealkylation sites (tertiary alicyclic amines) is 1. The summed E-state index contributed by atoms with van der Waals surface area (Å²) in [5, 5.41) is 9.61. The van der Waals surface area contributed by atoms with Gasteiger partial charge >= 0.3 is 18.0 Å². The fourth-order valence-corrected chi connectivity index (χ4v) is 14.6. The maximum absolute atomic E-state index is 14.2. The van der Waals surface area contributed by atoms with Crippen molar-refractivity contribution in [3.05, 3.63) is 0 Å². The molecule has 1 saturated heterocycles. The molecule has 4 unspecified atom stereocenters. The Bertz CT molecular complexity index is 1520. The lowest BCUT2D eigenvalue weighted by Gasteiger charge is -2.72. The molecule has 9 nitrogen and oxygen atoms in total. The molecule has 0 spiro atoms. The molecular weight excluding hydrogens is 693 g/mol. The van der Waals surface area contributed by atoms with Crippen LogP contribution in [0.15, 0.2) is 0 Å². The first kappa shape index (κ1) is 42.3. The van der Waals surface area contributed by atoms with Gasteiger partial charge in [0.1, 0.15) is 11.7 Å². The average Bonchev–Trinajstić information content (AvgIpc) is 3.64. The summed E-state index contributed by atoms with van der Waals surface area (Å²) < 4.78 is 11.9. The van der Waals surface area contributed by atoms with Gasteiger partial charge in [0.15, 0.2) is 0 Å². The number of nitrogens with zero attached hydrogens (tertiary/aromatic N) is 2. The van der Waals surface area contributed by atoms with Crippen molar-refractivity contribution in [2.45, 2.75) is 184 Å². The maximum Gasteiger partial charge on any atom is 0.410 e. The van der Waals surface area contributed by atoms with Crippen molar-refractivity contribution in [2.24, 2.45) is 62.1 Å². The lowest BCUT2D eigenvalue weighted by Crippen LogP contribution is -2.66. The van der Waals surface area contributed by atoms with Gasteiger partial charge in [-0.05, 0) is 156 Å². The zero-order chi connectivity index (χ0) is 40.7. The molecule has 1 aliphatic heterocycles. The molecule has 312 valence electrons.